The molecule has 0 spiro atoms. The van der Waals surface area contributed by atoms with Crippen molar-refractivity contribution in [3.8, 4) is 0 Å². The van der Waals surface area contributed by atoms with Crippen molar-refractivity contribution < 1.29 is 14.3 Å². The first-order chi connectivity index (χ1) is 16.0. The van der Waals surface area contributed by atoms with Crippen molar-refractivity contribution in [1.82, 2.24) is 0 Å². The van der Waals surface area contributed by atoms with Crippen LogP contribution in [0.4, 0.5) is 4.79 Å². The Morgan fingerprint density at radius 3 is 2.53 bits per heavy atom. The van der Waals surface area contributed by atoms with E-state index in [1.54, 1.807) is 6.92 Å². The van der Waals surface area contributed by atoms with Crippen LogP contribution in [0.25, 0.3) is 0 Å². The van der Waals surface area contributed by atoms with Crippen LogP contribution in [0.1, 0.15) is 112 Å². The van der Waals surface area contributed by atoms with Crippen LogP contribution in [0.3, 0.4) is 0 Å². The molecule has 3 fully saturated rings. The third-order valence-electron chi connectivity index (χ3n) is 10.8. The number of alkyl halides is 1. The summed E-state index contributed by atoms with van der Waals surface area (Å²) < 4.78 is 10.6. The van der Waals surface area contributed by atoms with E-state index in [0.29, 0.717) is 5.41 Å². The largest absolute Gasteiger partial charge is 0.510 e. The third kappa shape index (κ3) is 5.07. The lowest BCUT2D eigenvalue weighted by Crippen LogP contribution is -2.51. The molecule has 4 heteroatoms. The van der Waals surface area contributed by atoms with Gasteiger partial charge in [0.1, 0.15) is 6.10 Å². The molecular formula is C30H49ClO3. The first kappa shape index (κ1) is 26.4. The second-order valence-electron chi connectivity index (χ2n) is 13.2. The van der Waals surface area contributed by atoms with Gasteiger partial charge in [0.15, 0.2) is 5.56 Å². The zero-order chi connectivity index (χ0) is 24.7. The smallest absolute Gasteiger partial charge is 0.431 e. The molecule has 0 N–H and O–H groups in total. The second-order valence-corrected chi connectivity index (χ2v) is 13.8. The van der Waals surface area contributed by atoms with Gasteiger partial charge in [0.2, 0.25) is 0 Å². The van der Waals surface area contributed by atoms with Gasteiger partial charge in [-0.05, 0) is 98.2 Å². The summed E-state index contributed by atoms with van der Waals surface area (Å²) in [7, 11) is 0. The van der Waals surface area contributed by atoms with Crippen molar-refractivity contribution in [3.05, 3.63) is 11.6 Å². The lowest BCUT2D eigenvalue weighted by molar-refractivity contribution is -0.0620. The number of rotatable bonds is 7. The Morgan fingerprint density at radius 1 is 1.06 bits per heavy atom. The van der Waals surface area contributed by atoms with E-state index in [0.717, 1.165) is 54.8 Å². The Balaban J connectivity index is 1.42. The average molecular weight is 493 g/mol. The molecule has 194 valence electrons. The molecule has 34 heavy (non-hydrogen) atoms. The topological polar surface area (TPSA) is 35.5 Å². The second kappa shape index (κ2) is 10.3. The minimum Gasteiger partial charge on any atom is -0.431 e. The molecule has 0 bridgehead atoms. The molecule has 3 nitrogen and oxygen atoms in total. The molecule has 0 aromatic heterocycles. The van der Waals surface area contributed by atoms with Crippen LogP contribution in [0.15, 0.2) is 11.6 Å². The van der Waals surface area contributed by atoms with Gasteiger partial charge in [-0.25, -0.2) is 4.79 Å². The molecule has 4 rings (SSSR count). The van der Waals surface area contributed by atoms with E-state index in [1.807, 2.05) is 0 Å². The molecule has 9 atom stereocenters. The molecule has 0 amide bonds. The summed E-state index contributed by atoms with van der Waals surface area (Å²) in [5.41, 5.74) is 1.69. The summed E-state index contributed by atoms with van der Waals surface area (Å²) in [5, 5.41) is 0. The number of carbonyl (C=O) groups is 1. The fraction of sp³-hybridized carbons (Fsp3) is 0.900. The molecule has 0 saturated heterocycles. The molecule has 0 aromatic carbocycles. The van der Waals surface area contributed by atoms with Gasteiger partial charge in [0, 0.05) is 6.42 Å². The summed E-state index contributed by atoms with van der Waals surface area (Å²) in [5.74, 6) is 5.10. The van der Waals surface area contributed by atoms with Crippen molar-refractivity contribution in [2.24, 2.45) is 46.3 Å². The Bertz CT molecular complexity index is 760. The summed E-state index contributed by atoms with van der Waals surface area (Å²) in [6, 6.07) is 0. The van der Waals surface area contributed by atoms with Gasteiger partial charge >= 0.3 is 6.16 Å². The Hall–Kier alpha value is -0.700. The highest BCUT2D eigenvalue weighted by molar-refractivity contribution is 6.19. The SMILES string of the molecule is CC(C)CCC[C@@H](C)[C@H]1CC[C@H]2[C@@H]3CC=C4CC(OC(=O)OC(C)Cl)CC[C@]4(C)[C@H]3CC[C@]12C. The van der Waals surface area contributed by atoms with E-state index in [1.165, 1.54) is 56.9 Å². The number of hydrogen-bond donors (Lipinski definition) is 0. The molecule has 0 radical (unpaired) electrons. The standard InChI is InChI=1S/C30H49ClO3/c1-19(2)8-7-9-20(3)25-12-13-26-24-11-10-22-18-23(34-28(32)33-21(4)31)14-16-29(22,5)27(24)15-17-30(25,26)6/h10,19-21,23-27H,7-9,11-18H2,1-6H3/t20-,21?,23?,24+,25-,26+,27+,29+,30-/m1/s1. The first-order valence-electron chi connectivity index (χ1n) is 14.3. The van der Waals surface area contributed by atoms with Crippen LogP contribution >= 0.6 is 11.6 Å². The quantitative estimate of drug-likeness (QED) is 0.202. The highest BCUT2D eigenvalue weighted by Gasteiger charge is 2.59. The Morgan fingerprint density at radius 2 is 1.82 bits per heavy atom. The highest BCUT2D eigenvalue weighted by Crippen LogP contribution is 2.67. The Labute approximate surface area is 213 Å². The molecule has 4 aliphatic rings. The first-order valence-corrected chi connectivity index (χ1v) is 14.7. The fourth-order valence-corrected chi connectivity index (χ4v) is 9.12. The van der Waals surface area contributed by atoms with Crippen LogP contribution in [-0.2, 0) is 9.47 Å². The summed E-state index contributed by atoms with van der Waals surface area (Å²) in [6.45, 7) is 14.1. The molecule has 0 aliphatic heterocycles. The van der Waals surface area contributed by atoms with E-state index < -0.39 is 11.7 Å². The average Bonchev–Trinajstić information content (AvgIpc) is 3.10. The van der Waals surface area contributed by atoms with E-state index >= 15 is 0 Å². The number of allylic oxidation sites excluding steroid dienone is 1. The van der Waals surface area contributed by atoms with Gasteiger partial charge in [0.05, 0.1) is 0 Å². The van der Waals surface area contributed by atoms with Crippen molar-refractivity contribution in [2.75, 3.05) is 0 Å². The summed E-state index contributed by atoms with van der Waals surface area (Å²) in [6.07, 6.45) is 15.8. The molecule has 4 aliphatic carbocycles. The van der Waals surface area contributed by atoms with Gasteiger partial charge < -0.3 is 9.47 Å². The monoisotopic (exact) mass is 492 g/mol. The van der Waals surface area contributed by atoms with E-state index in [2.05, 4.69) is 40.7 Å². The van der Waals surface area contributed by atoms with Crippen LogP contribution in [0.2, 0.25) is 0 Å². The lowest BCUT2D eigenvalue weighted by Gasteiger charge is -2.58. The Kier molecular flexibility index (Phi) is 8.02. The minimum atomic E-state index is -0.652. The summed E-state index contributed by atoms with van der Waals surface area (Å²) in [4.78, 5) is 12.0. The van der Waals surface area contributed by atoms with Crippen molar-refractivity contribution in [2.45, 2.75) is 124 Å². The zero-order valence-corrected chi connectivity index (χ0v) is 23.3. The number of ether oxygens (including phenoxy) is 2. The van der Waals surface area contributed by atoms with Gasteiger partial charge in [0.25, 0.3) is 0 Å². The van der Waals surface area contributed by atoms with Crippen LogP contribution in [0.5, 0.6) is 0 Å². The zero-order valence-electron chi connectivity index (χ0n) is 22.6. The number of halogens is 1. The molecule has 0 aromatic rings. The van der Waals surface area contributed by atoms with Gasteiger partial charge in [-0.1, -0.05) is 77.1 Å². The molecular weight excluding hydrogens is 444 g/mol. The number of fused-ring (bicyclic) bond motifs is 5. The summed E-state index contributed by atoms with van der Waals surface area (Å²) >= 11 is 5.79. The molecule has 0 heterocycles. The van der Waals surface area contributed by atoms with Crippen molar-refractivity contribution in [1.29, 1.82) is 0 Å². The number of hydrogen-bond acceptors (Lipinski definition) is 3. The van der Waals surface area contributed by atoms with E-state index in [9.17, 15) is 4.79 Å². The maximum atomic E-state index is 12.0. The van der Waals surface area contributed by atoms with Crippen molar-refractivity contribution >= 4 is 17.8 Å². The number of carbonyl (C=O) groups excluding carboxylic acids is 1. The highest BCUT2D eigenvalue weighted by atomic mass is 35.5. The van der Waals surface area contributed by atoms with Gasteiger partial charge in [-0.2, -0.15) is 0 Å². The fourth-order valence-electron chi connectivity index (χ4n) is 9.05. The minimum absolute atomic E-state index is 0.0739. The lowest BCUT2D eigenvalue weighted by atomic mass is 9.47. The third-order valence-corrected chi connectivity index (χ3v) is 10.9. The predicted octanol–water partition coefficient (Wildman–Crippen LogP) is 9.13. The van der Waals surface area contributed by atoms with Gasteiger partial charge in [-0.3, -0.25) is 0 Å². The van der Waals surface area contributed by atoms with Crippen LogP contribution in [-0.4, -0.2) is 17.8 Å². The maximum Gasteiger partial charge on any atom is 0.510 e. The molecule has 2 unspecified atom stereocenters. The van der Waals surface area contributed by atoms with Crippen LogP contribution in [0, 0.1) is 46.3 Å². The predicted molar refractivity (Wildman–Crippen MR) is 140 cm³/mol. The maximum absolute atomic E-state index is 12.0. The van der Waals surface area contributed by atoms with Crippen LogP contribution < -0.4 is 0 Å². The van der Waals surface area contributed by atoms with E-state index in [4.69, 9.17) is 21.1 Å². The normalized spacial score (nSPS) is 41.1. The van der Waals surface area contributed by atoms with Gasteiger partial charge in [-0.15, -0.1) is 0 Å². The van der Waals surface area contributed by atoms with E-state index in [-0.39, 0.29) is 11.5 Å². The van der Waals surface area contributed by atoms with Crippen molar-refractivity contribution in [3.63, 3.8) is 0 Å². The molecule has 3 saturated carbocycles.